The summed E-state index contributed by atoms with van der Waals surface area (Å²) in [7, 11) is 0. The van der Waals surface area contributed by atoms with E-state index in [0.717, 1.165) is 37.9 Å². The Kier molecular flexibility index (Phi) is 4.33. The fourth-order valence-electron chi connectivity index (χ4n) is 3.36. The highest BCUT2D eigenvalue weighted by atomic mass is 16.5. The summed E-state index contributed by atoms with van der Waals surface area (Å²) in [5, 5.41) is 3.61. The SMILES string of the molecule is c1ccc(OCC2CC2)c(CNC[C@H]2CCCn3ccnc32)c1. The first-order valence-electron chi connectivity index (χ1n) is 8.82. The van der Waals surface area contributed by atoms with Crippen LogP contribution in [0.3, 0.4) is 0 Å². The van der Waals surface area contributed by atoms with Crippen molar-refractivity contribution >= 4 is 0 Å². The first-order chi connectivity index (χ1) is 11.4. The van der Waals surface area contributed by atoms with E-state index in [0.29, 0.717) is 5.92 Å². The van der Waals surface area contributed by atoms with Gasteiger partial charge < -0.3 is 14.6 Å². The predicted octanol–water partition coefficient (Wildman–Crippen LogP) is 3.34. The van der Waals surface area contributed by atoms with Crippen molar-refractivity contribution in [3.05, 3.63) is 48.0 Å². The lowest BCUT2D eigenvalue weighted by molar-refractivity contribution is 0.296. The summed E-state index contributed by atoms with van der Waals surface area (Å²) in [5.41, 5.74) is 1.26. The molecule has 0 bridgehead atoms. The number of aromatic nitrogens is 2. The van der Waals surface area contributed by atoms with E-state index in [2.05, 4.69) is 45.3 Å². The number of imidazole rings is 1. The Balaban J connectivity index is 1.33. The van der Waals surface area contributed by atoms with Gasteiger partial charge in [0, 0.05) is 43.5 Å². The van der Waals surface area contributed by atoms with Crippen molar-refractivity contribution in [1.29, 1.82) is 0 Å². The molecule has 23 heavy (non-hydrogen) atoms. The molecule has 0 radical (unpaired) electrons. The molecule has 2 aliphatic rings. The Morgan fingerprint density at radius 2 is 2.13 bits per heavy atom. The molecule has 1 atom stereocenters. The number of fused-ring (bicyclic) bond motifs is 1. The zero-order chi connectivity index (χ0) is 15.5. The van der Waals surface area contributed by atoms with E-state index in [1.165, 1.54) is 37.1 Å². The molecule has 0 unspecified atom stereocenters. The quantitative estimate of drug-likeness (QED) is 0.852. The van der Waals surface area contributed by atoms with Gasteiger partial charge >= 0.3 is 0 Å². The summed E-state index contributed by atoms with van der Waals surface area (Å²) in [4.78, 5) is 4.54. The standard InChI is InChI=1S/C19H25N3O/c1-2-6-18(23-14-15-7-8-15)16(4-1)12-20-13-17-5-3-10-22-11-9-21-19(17)22/h1-2,4,6,9,11,15,17,20H,3,5,7-8,10,12-14H2/t17-/m1/s1. The van der Waals surface area contributed by atoms with Gasteiger partial charge in [-0.1, -0.05) is 18.2 Å². The van der Waals surface area contributed by atoms with Gasteiger partial charge in [-0.15, -0.1) is 0 Å². The van der Waals surface area contributed by atoms with E-state index in [1.807, 2.05) is 6.20 Å². The van der Waals surface area contributed by atoms with Gasteiger partial charge in [0.2, 0.25) is 0 Å². The molecule has 4 rings (SSSR count). The number of hydrogen-bond acceptors (Lipinski definition) is 3. The number of hydrogen-bond donors (Lipinski definition) is 1. The molecule has 1 aliphatic carbocycles. The Labute approximate surface area is 137 Å². The van der Waals surface area contributed by atoms with Crippen molar-refractivity contribution in [3.8, 4) is 5.75 Å². The maximum atomic E-state index is 5.99. The molecule has 1 aromatic carbocycles. The van der Waals surface area contributed by atoms with E-state index in [9.17, 15) is 0 Å². The maximum absolute atomic E-state index is 5.99. The monoisotopic (exact) mass is 311 g/mol. The predicted molar refractivity (Wildman–Crippen MR) is 90.6 cm³/mol. The second kappa shape index (κ2) is 6.75. The molecule has 1 aliphatic heterocycles. The van der Waals surface area contributed by atoms with Gasteiger partial charge in [0.1, 0.15) is 11.6 Å². The zero-order valence-electron chi connectivity index (χ0n) is 13.6. The number of aryl methyl sites for hydroxylation is 1. The fraction of sp³-hybridized carbons (Fsp3) is 0.526. The van der Waals surface area contributed by atoms with Crippen molar-refractivity contribution < 1.29 is 4.74 Å². The highest BCUT2D eigenvalue weighted by Gasteiger charge is 2.23. The fourth-order valence-corrected chi connectivity index (χ4v) is 3.36. The average Bonchev–Trinajstić information content (AvgIpc) is 3.28. The van der Waals surface area contributed by atoms with E-state index >= 15 is 0 Å². The highest BCUT2D eigenvalue weighted by Crippen LogP contribution is 2.30. The maximum Gasteiger partial charge on any atom is 0.123 e. The molecule has 4 nitrogen and oxygen atoms in total. The average molecular weight is 311 g/mol. The Morgan fingerprint density at radius 1 is 1.22 bits per heavy atom. The van der Waals surface area contributed by atoms with E-state index in [-0.39, 0.29) is 0 Å². The van der Waals surface area contributed by atoms with Gasteiger partial charge in [-0.05, 0) is 37.7 Å². The number of benzene rings is 1. The van der Waals surface area contributed by atoms with Crippen molar-refractivity contribution in [3.63, 3.8) is 0 Å². The largest absolute Gasteiger partial charge is 0.493 e. The lowest BCUT2D eigenvalue weighted by Gasteiger charge is -2.24. The number of ether oxygens (including phenoxy) is 1. The topological polar surface area (TPSA) is 39.1 Å². The summed E-state index contributed by atoms with van der Waals surface area (Å²) in [6, 6.07) is 8.40. The van der Waals surface area contributed by atoms with Gasteiger partial charge in [0.25, 0.3) is 0 Å². The van der Waals surface area contributed by atoms with Crippen LogP contribution in [0.4, 0.5) is 0 Å². The Bertz CT molecular complexity index is 648. The van der Waals surface area contributed by atoms with Crippen LogP contribution in [0, 0.1) is 5.92 Å². The molecule has 1 saturated carbocycles. The molecule has 4 heteroatoms. The van der Waals surface area contributed by atoms with E-state index in [1.54, 1.807) is 0 Å². The lowest BCUT2D eigenvalue weighted by atomic mass is 9.99. The number of nitrogens with one attached hydrogen (secondary N) is 1. The van der Waals surface area contributed by atoms with Gasteiger partial charge in [0.15, 0.2) is 0 Å². The van der Waals surface area contributed by atoms with Crippen LogP contribution in [0.5, 0.6) is 5.75 Å². The van der Waals surface area contributed by atoms with E-state index < -0.39 is 0 Å². The first-order valence-corrected chi connectivity index (χ1v) is 8.82. The van der Waals surface area contributed by atoms with Crippen molar-refractivity contribution in [2.75, 3.05) is 13.2 Å². The van der Waals surface area contributed by atoms with Crippen LogP contribution >= 0.6 is 0 Å². The molecular weight excluding hydrogens is 286 g/mol. The second-order valence-corrected chi connectivity index (χ2v) is 6.81. The minimum Gasteiger partial charge on any atom is -0.493 e. The van der Waals surface area contributed by atoms with Crippen molar-refractivity contribution in [2.45, 2.75) is 44.7 Å². The number of nitrogens with zero attached hydrogens (tertiary/aromatic N) is 2. The van der Waals surface area contributed by atoms with Gasteiger partial charge in [0.05, 0.1) is 6.61 Å². The molecule has 0 saturated heterocycles. The highest BCUT2D eigenvalue weighted by molar-refractivity contribution is 5.33. The molecule has 2 aromatic rings. The molecule has 0 spiro atoms. The van der Waals surface area contributed by atoms with Crippen LogP contribution in [0.1, 0.15) is 43.0 Å². The van der Waals surface area contributed by atoms with Crippen LogP contribution in [0.2, 0.25) is 0 Å². The summed E-state index contributed by atoms with van der Waals surface area (Å²) in [5.74, 6) is 3.59. The Hall–Kier alpha value is -1.81. The summed E-state index contributed by atoms with van der Waals surface area (Å²) in [6.07, 6.45) is 9.15. The molecule has 0 amide bonds. The second-order valence-electron chi connectivity index (χ2n) is 6.81. The van der Waals surface area contributed by atoms with E-state index in [4.69, 9.17) is 4.74 Å². The molecular formula is C19H25N3O. The zero-order valence-corrected chi connectivity index (χ0v) is 13.6. The van der Waals surface area contributed by atoms with Gasteiger partial charge in [-0.3, -0.25) is 0 Å². The number of rotatable bonds is 7. The smallest absolute Gasteiger partial charge is 0.123 e. The molecule has 2 heterocycles. The third kappa shape index (κ3) is 3.58. The Morgan fingerprint density at radius 3 is 3.04 bits per heavy atom. The number of para-hydroxylation sites is 1. The summed E-state index contributed by atoms with van der Waals surface area (Å²) >= 11 is 0. The van der Waals surface area contributed by atoms with Crippen LogP contribution < -0.4 is 10.1 Å². The molecule has 1 fully saturated rings. The molecule has 1 N–H and O–H groups in total. The van der Waals surface area contributed by atoms with Crippen molar-refractivity contribution in [1.82, 2.24) is 14.9 Å². The van der Waals surface area contributed by atoms with Crippen LogP contribution in [0.15, 0.2) is 36.7 Å². The van der Waals surface area contributed by atoms with Gasteiger partial charge in [-0.2, -0.15) is 0 Å². The van der Waals surface area contributed by atoms with Crippen LogP contribution in [-0.2, 0) is 13.1 Å². The van der Waals surface area contributed by atoms with Crippen molar-refractivity contribution in [2.24, 2.45) is 5.92 Å². The van der Waals surface area contributed by atoms with Crippen LogP contribution in [0.25, 0.3) is 0 Å². The minimum absolute atomic E-state index is 0.526. The summed E-state index contributed by atoms with van der Waals surface area (Å²) in [6.45, 7) is 3.83. The third-order valence-electron chi connectivity index (χ3n) is 4.91. The van der Waals surface area contributed by atoms with Gasteiger partial charge in [-0.25, -0.2) is 4.98 Å². The molecule has 1 aromatic heterocycles. The normalized spacial score (nSPS) is 20.3. The summed E-state index contributed by atoms with van der Waals surface area (Å²) < 4.78 is 8.29. The first kappa shape index (κ1) is 14.8. The lowest BCUT2D eigenvalue weighted by Crippen LogP contribution is -2.26. The minimum atomic E-state index is 0.526. The van der Waals surface area contributed by atoms with Crippen LogP contribution in [-0.4, -0.2) is 22.7 Å². The third-order valence-corrected chi connectivity index (χ3v) is 4.91. The molecule has 122 valence electrons.